The SMILES string of the molecule is C/C=C\c1cc(Oc2ccnc(OOC(C)(C)C)c2)ccc1C. The van der Waals surface area contributed by atoms with Crippen LogP contribution in [-0.4, -0.2) is 10.6 Å². The molecule has 1 aromatic heterocycles. The lowest BCUT2D eigenvalue weighted by atomic mass is 10.1. The van der Waals surface area contributed by atoms with Gasteiger partial charge in [0.05, 0.1) is 0 Å². The van der Waals surface area contributed by atoms with Gasteiger partial charge in [-0.15, -0.1) is 0 Å². The number of pyridine rings is 1. The van der Waals surface area contributed by atoms with Crippen molar-refractivity contribution in [3.8, 4) is 17.4 Å². The van der Waals surface area contributed by atoms with Crippen molar-refractivity contribution in [2.45, 2.75) is 40.2 Å². The second kappa shape index (κ2) is 7.29. The summed E-state index contributed by atoms with van der Waals surface area (Å²) in [4.78, 5) is 14.6. The van der Waals surface area contributed by atoms with E-state index in [9.17, 15) is 0 Å². The zero-order chi connectivity index (χ0) is 16.9. The summed E-state index contributed by atoms with van der Waals surface area (Å²) >= 11 is 0. The quantitative estimate of drug-likeness (QED) is 0.553. The van der Waals surface area contributed by atoms with E-state index in [0.717, 1.165) is 11.3 Å². The summed E-state index contributed by atoms with van der Waals surface area (Å²) in [5.74, 6) is 1.76. The number of hydrogen-bond donors (Lipinski definition) is 0. The van der Waals surface area contributed by atoms with Crippen LogP contribution in [0.3, 0.4) is 0 Å². The fraction of sp³-hybridized carbons (Fsp3) is 0.316. The predicted octanol–water partition coefficient (Wildman–Crippen LogP) is 5.32. The Bertz CT molecular complexity index is 687. The minimum absolute atomic E-state index is 0.359. The molecule has 0 unspecified atom stereocenters. The lowest BCUT2D eigenvalue weighted by molar-refractivity contribution is -0.277. The van der Waals surface area contributed by atoms with Crippen molar-refractivity contribution >= 4 is 6.08 Å². The molecule has 23 heavy (non-hydrogen) atoms. The third kappa shape index (κ3) is 5.42. The number of nitrogens with zero attached hydrogens (tertiary/aromatic N) is 1. The normalized spacial score (nSPS) is 11.7. The maximum Gasteiger partial charge on any atom is 0.259 e. The van der Waals surface area contributed by atoms with Crippen LogP contribution in [0.2, 0.25) is 0 Å². The van der Waals surface area contributed by atoms with E-state index >= 15 is 0 Å². The van der Waals surface area contributed by atoms with E-state index < -0.39 is 5.60 Å². The van der Waals surface area contributed by atoms with Gasteiger partial charge >= 0.3 is 0 Å². The summed E-state index contributed by atoms with van der Waals surface area (Å²) in [5, 5.41) is 0. The van der Waals surface area contributed by atoms with Gasteiger partial charge in [0.1, 0.15) is 17.1 Å². The standard InChI is InChI=1S/C19H23NO3/c1-6-7-15-12-16(9-8-14(15)2)21-17-10-11-20-18(13-17)22-23-19(3,4)5/h6-13H,1-5H3/b7-6-. The van der Waals surface area contributed by atoms with Crippen molar-refractivity contribution < 1.29 is 14.5 Å². The Morgan fingerprint density at radius 2 is 1.78 bits per heavy atom. The minimum Gasteiger partial charge on any atom is -0.457 e. The van der Waals surface area contributed by atoms with Gasteiger partial charge in [0, 0.05) is 12.3 Å². The van der Waals surface area contributed by atoms with Gasteiger partial charge in [-0.3, -0.25) is 0 Å². The molecule has 0 radical (unpaired) electrons. The van der Waals surface area contributed by atoms with Crippen LogP contribution in [-0.2, 0) is 4.89 Å². The number of rotatable bonds is 5. The first-order chi connectivity index (χ1) is 10.9. The van der Waals surface area contributed by atoms with E-state index in [1.165, 1.54) is 5.56 Å². The Kier molecular flexibility index (Phi) is 5.40. The third-order valence-corrected chi connectivity index (χ3v) is 2.92. The highest BCUT2D eigenvalue weighted by molar-refractivity contribution is 5.56. The molecule has 4 nitrogen and oxygen atoms in total. The van der Waals surface area contributed by atoms with Crippen molar-refractivity contribution in [3.63, 3.8) is 0 Å². The summed E-state index contributed by atoms with van der Waals surface area (Å²) in [7, 11) is 0. The highest BCUT2D eigenvalue weighted by Crippen LogP contribution is 2.26. The van der Waals surface area contributed by atoms with Crippen LogP contribution in [0.4, 0.5) is 0 Å². The molecule has 1 aromatic carbocycles. The van der Waals surface area contributed by atoms with E-state index in [1.807, 2.05) is 52.0 Å². The lowest BCUT2D eigenvalue weighted by Gasteiger charge is -2.17. The van der Waals surface area contributed by atoms with E-state index in [-0.39, 0.29) is 0 Å². The van der Waals surface area contributed by atoms with Crippen LogP contribution in [0.5, 0.6) is 17.4 Å². The van der Waals surface area contributed by atoms with Gasteiger partial charge in [-0.25, -0.2) is 4.98 Å². The smallest absolute Gasteiger partial charge is 0.259 e. The zero-order valence-corrected chi connectivity index (χ0v) is 14.3. The molecule has 0 N–H and O–H groups in total. The molecule has 0 atom stereocenters. The van der Waals surface area contributed by atoms with Crippen LogP contribution >= 0.6 is 0 Å². The molecule has 2 rings (SSSR count). The molecule has 0 saturated heterocycles. The average molecular weight is 313 g/mol. The Morgan fingerprint density at radius 3 is 2.48 bits per heavy atom. The fourth-order valence-electron chi connectivity index (χ4n) is 1.85. The van der Waals surface area contributed by atoms with Crippen LogP contribution in [0.25, 0.3) is 6.08 Å². The van der Waals surface area contributed by atoms with Crippen molar-refractivity contribution in [1.82, 2.24) is 4.98 Å². The van der Waals surface area contributed by atoms with Gasteiger partial charge in [-0.1, -0.05) is 18.2 Å². The molecule has 0 aliphatic heterocycles. The van der Waals surface area contributed by atoms with Crippen molar-refractivity contribution in [3.05, 3.63) is 53.7 Å². The maximum absolute atomic E-state index is 5.88. The molecule has 0 aliphatic carbocycles. The van der Waals surface area contributed by atoms with Crippen LogP contribution in [0, 0.1) is 6.92 Å². The Hall–Kier alpha value is -2.33. The average Bonchev–Trinajstić information content (AvgIpc) is 2.49. The highest BCUT2D eigenvalue weighted by atomic mass is 17.2. The first-order valence-electron chi connectivity index (χ1n) is 7.60. The molecule has 0 aliphatic rings. The Labute approximate surface area is 137 Å². The Balaban J connectivity index is 2.13. The number of allylic oxidation sites excluding steroid dienone is 1. The van der Waals surface area contributed by atoms with Gasteiger partial charge in [0.15, 0.2) is 0 Å². The number of aromatic nitrogens is 1. The van der Waals surface area contributed by atoms with Crippen molar-refractivity contribution in [2.24, 2.45) is 0 Å². The van der Waals surface area contributed by atoms with Crippen LogP contribution < -0.4 is 9.62 Å². The van der Waals surface area contributed by atoms with E-state index in [4.69, 9.17) is 14.5 Å². The summed E-state index contributed by atoms with van der Waals surface area (Å²) in [6.07, 6.45) is 5.69. The molecule has 4 heteroatoms. The van der Waals surface area contributed by atoms with Gasteiger partial charge in [-0.2, -0.15) is 4.89 Å². The number of benzene rings is 1. The Morgan fingerprint density at radius 1 is 1.04 bits per heavy atom. The molecule has 0 bridgehead atoms. The summed E-state index contributed by atoms with van der Waals surface area (Å²) in [6, 6.07) is 9.45. The van der Waals surface area contributed by atoms with Gasteiger partial charge in [0.25, 0.3) is 5.88 Å². The number of ether oxygens (including phenoxy) is 1. The summed E-state index contributed by atoms with van der Waals surface area (Å²) < 4.78 is 5.88. The first-order valence-corrected chi connectivity index (χ1v) is 7.60. The largest absolute Gasteiger partial charge is 0.457 e. The van der Waals surface area contributed by atoms with Gasteiger partial charge in [-0.05, 0) is 63.9 Å². The topological polar surface area (TPSA) is 40.6 Å². The zero-order valence-electron chi connectivity index (χ0n) is 14.3. The monoisotopic (exact) mass is 313 g/mol. The second-order valence-electron chi connectivity index (χ2n) is 6.23. The van der Waals surface area contributed by atoms with Crippen molar-refractivity contribution in [1.29, 1.82) is 0 Å². The third-order valence-electron chi connectivity index (χ3n) is 2.92. The molecule has 122 valence electrons. The van der Waals surface area contributed by atoms with Gasteiger partial charge < -0.3 is 9.62 Å². The van der Waals surface area contributed by atoms with E-state index in [0.29, 0.717) is 11.6 Å². The summed E-state index contributed by atoms with van der Waals surface area (Å²) in [5.41, 5.74) is 1.93. The molecular formula is C19H23NO3. The van der Waals surface area contributed by atoms with Gasteiger partial charge in [0.2, 0.25) is 0 Å². The molecular weight excluding hydrogens is 290 g/mol. The minimum atomic E-state index is -0.406. The molecule has 0 amide bonds. The molecule has 0 saturated carbocycles. The fourth-order valence-corrected chi connectivity index (χ4v) is 1.85. The van der Waals surface area contributed by atoms with Crippen LogP contribution in [0.1, 0.15) is 38.8 Å². The second-order valence-corrected chi connectivity index (χ2v) is 6.23. The molecule has 1 heterocycles. The maximum atomic E-state index is 5.88. The van der Waals surface area contributed by atoms with E-state index in [1.54, 1.807) is 18.3 Å². The first kappa shape index (κ1) is 17.0. The molecule has 2 aromatic rings. The van der Waals surface area contributed by atoms with Crippen molar-refractivity contribution in [2.75, 3.05) is 0 Å². The lowest BCUT2D eigenvalue weighted by Crippen LogP contribution is -2.21. The number of hydrogen-bond acceptors (Lipinski definition) is 4. The summed E-state index contributed by atoms with van der Waals surface area (Å²) in [6.45, 7) is 9.78. The molecule has 0 spiro atoms. The predicted molar refractivity (Wildman–Crippen MR) is 91.7 cm³/mol. The van der Waals surface area contributed by atoms with Crippen LogP contribution in [0.15, 0.2) is 42.6 Å². The molecule has 0 fully saturated rings. The highest BCUT2D eigenvalue weighted by Gasteiger charge is 2.13. The van der Waals surface area contributed by atoms with E-state index in [2.05, 4.69) is 18.0 Å². The number of aryl methyl sites for hydroxylation is 1.